The molecule has 0 bridgehead atoms. The van der Waals surface area contributed by atoms with E-state index in [-0.39, 0.29) is 30.4 Å². The molecule has 0 spiro atoms. The van der Waals surface area contributed by atoms with E-state index in [1.165, 1.54) is 0 Å². The molecule has 0 aliphatic carbocycles. The molecule has 1 aromatic carbocycles. The van der Waals surface area contributed by atoms with E-state index < -0.39 is 0 Å². The second kappa shape index (κ2) is 9.31. The van der Waals surface area contributed by atoms with Crippen LogP contribution < -0.4 is 5.32 Å². The highest BCUT2D eigenvalue weighted by Crippen LogP contribution is 2.27. The zero-order chi connectivity index (χ0) is 13.7. The number of halogens is 3. The van der Waals surface area contributed by atoms with Gasteiger partial charge in [-0.1, -0.05) is 29.8 Å². The Balaban J connectivity index is 0.00000200. The van der Waals surface area contributed by atoms with Gasteiger partial charge in [0.15, 0.2) is 0 Å². The molecule has 6 heteroatoms. The number of aryl methyl sites for hydroxylation is 1. The maximum atomic E-state index is 6.25. The monoisotopic (exact) mass is 349 g/mol. The van der Waals surface area contributed by atoms with Gasteiger partial charge in [-0.2, -0.15) is 0 Å². The van der Waals surface area contributed by atoms with Crippen LogP contribution in [0.1, 0.15) is 25.8 Å². The van der Waals surface area contributed by atoms with E-state index in [1.807, 2.05) is 30.7 Å². The van der Waals surface area contributed by atoms with Gasteiger partial charge in [-0.05, 0) is 38.4 Å². The van der Waals surface area contributed by atoms with Gasteiger partial charge in [-0.25, -0.2) is 4.98 Å². The molecule has 0 amide bonds. The molecular weight excluding hydrogens is 329 g/mol. The lowest BCUT2D eigenvalue weighted by Gasteiger charge is -2.28. The third-order valence-corrected chi connectivity index (χ3v) is 3.60. The highest BCUT2D eigenvalue weighted by molar-refractivity contribution is 6.31. The molecule has 0 aliphatic heterocycles. The lowest BCUT2D eigenvalue weighted by atomic mass is 9.94. The number of benzene rings is 1. The second-order valence-electron chi connectivity index (χ2n) is 5.19. The smallest absolute Gasteiger partial charge is 0.0945 e. The minimum absolute atomic E-state index is 0. The van der Waals surface area contributed by atoms with Crippen LogP contribution in [0, 0.1) is 0 Å². The van der Waals surface area contributed by atoms with Gasteiger partial charge in [0.1, 0.15) is 0 Å². The Hall–Kier alpha value is -0.740. The first-order chi connectivity index (χ1) is 9.09. The first-order valence-electron chi connectivity index (χ1n) is 6.55. The Labute approximate surface area is 143 Å². The summed E-state index contributed by atoms with van der Waals surface area (Å²) in [4.78, 5) is 4.03. The minimum Gasteiger partial charge on any atom is -0.337 e. The summed E-state index contributed by atoms with van der Waals surface area (Å²) in [6.07, 6.45) is 6.70. The van der Waals surface area contributed by atoms with Crippen LogP contribution in [0.3, 0.4) is 0 Å². The molecular formula is C15H22Cl3N3. The predicted molar refractivity (Wildman–Crippen MR) is 93.8 cm³/mol. The zero-order valence-electron chi connectivity index (χ0n) is 12.3. The topological polar surface area (TPSA) is 29.9 Å². The summed E-state index contributed by atoms with van der Waals surface area (Å²) in [5, 5.41) is 4.37. The van der Waals surface area contributed by atoms with E-state index in [2.05, 4.69) is 34.8 Å². The molecule has 0 radical (unpaired) electrons. The van der Waals surface area contributed by atoms with Crippen molar-refractivity contribution in [1.29, 1.82) is 0 Å². The SMILES string of the molecule is CC(C)(NCCCn1ccnc1)c1ccccc1Cl.Cl.Cl. The summed E-state index contributed by atoms with van der Waals surface area (Å²) in [5.41, 5.74) is 1.02. The van der Waals surface area contributed by atoms with Crippen molar-refractivity contribution in [3.8, 4) is 0 Å². The molecule has 21 heavy (non-hydrogen) atoms. The van der Waals surface area contributed by atoms with Gasteiger partial charge in [-0.15, -0.1) is 24.8 Å². The Morgan fingerprint density at radius 1 is 1.24 bits per heavy atom. The minimum atomic E-state index is -0.118. The van der Waals surface area contributed by atoms with Crippen LogP contribution in [0.15, 0.2) is 43.0 Å². The van der Waals surface area contributed by atoms with E-state index in [9.17, 15) is 0 Å². The van der Waals surface area contributed by atoms with Gasteiger partial charge >= 0.3 is 0 Å². The fourth-order valence-corrected chi connectivity index (χ4v) is 2.52. The first kappa shape index (κ1) is 20.3. The molecule has 0 unspecified atom stereocenters. The number of nitrogens with zero attached hydrogens (tertiary/aromatic N) is 2. The number of aromatic nitrogens is 2. The van der Waals surface area contributed by atoms with Crippen LogP contribution in [0.4, 0.5) is 0 Å². The molecule has 1 N–H and O–H groups in total. The third kappa shape index (κ3) is 5.87. The highest BCUT2D eigenvalue weighted by Gasteiger charge is 2.21. The van der Waals surface area contributed by atoms with Crippen LogP contribution >= 0.6 is 36.4 Å². The summed E-state index contributed by atoms with van der Waals surface area (Å²) in [6.45, 7) is 6.23. The van der Waals surface area contributed by atoms with E-state index in [0.717, 1.165) is 30.1 Å². The second-order valence-corrected chi connectivity index (χ2v) is 5.59. The lowest BCUT2D eigenvalue weighted by Crippen LogP contribution is -2.37. The molecule has 1 heterocycles. The van der Waals surface area contributed by atoms with Gasteiger partial charge in [0.05, 0.1) is 6.33 Å². The maximum Gasteiger partial charge on any atom is 0.0945 e. The lowest BCUT2D eigenvalue weighted by molar-refractivity contribution is 0.393. The summed E-state index contributed by atoms with van der Waals surface area (Å²) in [7, 11) is 0. The van der Waals surface area contributed by atoms with Crippen LogP contribution in [0.5, 0.6) is 0 Å². The molecule has 2 aromatic rings. The number of hydrogen-bond acceptors (Lipinski definition) is 2. The van der Waals surface area contributed by atoms with Crippen LogP contribution in [-0.2, 0) is 12.1 Å². The van der Waals surface area contributed by atoms with Crippen molar-refractivity contribution < 1.29 is 0 Å². The van der Waals surface area contributed by atoms with Gasteiger partial charge in [-0.3, -0.25) is 0 Å². The Morgan fingerprint density at radius 2 is 1.95 bits per heavy atom. The average Bonchev–Trinajstić information content (AvgIpc) is 2.88. The van der Waals surface area contributed by atoms with Crippen molar-refractivity contribution in [2.75, 3.05) is 6.54 Å². The van der Waals surface area contributed by atoms with E-state index >= 15 is 0 Å². The van der Waals surface area contributed by atoms with Crippen LogP contribution in [-0.4, -0.2) is 16.1 Å². The summed E-state index contributed by atoms with van der Waals surface area (Å²) < 4.78 is 2.09. The molecule has 0 fully saturated rings. The molecule has 0 atom stereocenters. The van der Waals surface area contributed by atoms with Gasteiger partial charge in [0.2, 0.25) is 0 Å². The largest absolute Gasteiger partial charge is 0.337 e. The number of imidazole rings is 1. The van der Waals surface area contributed by atoms with Crippen molar-refractivity contribution in [2.45, 2.75) is 32.4 Å². The Morgan fingerprint density at radius 3 is 2.57 bits per heavy atom. The predicted octanol–water partition coefficient (Wildman–Crippen LogP) is 4.30. The molecule has 118 valence electrons. The normalized spacial score (nSPS) is 10.6. The standard InChI is InChI=1S/C15H20ClN3.2ClH/c1-15(2,13-6-3-4-7-14(13)16)18-8-5-10-19-11-9-17-12-19;;/h3-4,6-7,9,11-12,18H,5,8,10H2,1-2H3;2*1H. The quantitative estimate of drug-likeness (QED) is 0.787. The van der Waals surface area contributed by atoms with E-state index in [4.69, 9.17) is 11.6 Å². The Kier molecular flexibility index (Phi) is 8.98. The molecule has 0 saturated heterocycles. The van der Waals surface area contributed by atoms with E-state index in [1.54, 1.807) is 6.20 Å². The van der Waals surface area contributed by atoms with Gasteiger partial charge < -0.3 is 9.88 Å². The zero-order valence-corrected chi connectivity index (χ0v) is 14.6. The molecule has 3 nitrogen and oxygen atoms in total. The van der Waals surface area contributed by atoms with Crippen molar-refractivity contribution in [3.05, 3.63) is 53.6 Å². The van der Waals surface area contributed by atoms with Crippen molar-refractivity contribution in [3.63, 3.8) is 0 Å². The van der Waals surface area contributed by atoms with Crippen LogP contribution in [0.2, 0.25) is 5.02 Å². The van der Waals surface area contributed by atoms with Gasteiger partial charge in [0.25, 0.3) is 0 Å². The summed E-state index contributed by atoms with van der Waals surface area (Å²) in [6, 6.07) is 7.99. The van der Waals surface area contributed by atoms with Crippen molar-refractivity contribution in [1.82, 2.24) is 14.9 Å². The van der Waals surface area contributed by atoms with Crippen molar-refractivity contribution in [2.24, 2.45) is 0 Å². The highest BCUT2D eigenvalue weighted by atomic mass is 35.5. The van der Waals surface area contributed by atoms with Gasteiger partial charge in [0, 0.05) is 29.5 Å². The number of hydrogen-bond donors (Lipinski definition) is 1. The summed E-state index contributed by atoms with van der Waals surface area (Å²) >= 11 is 6.25. The Bertz CT molecular complexity index is 513. The molecule has 0 saturated carbocycles. The first-order valence-corrected chi connectivity index (χ1v) is 6.93. The number of rotatable bonds is 6. The molecule has 1 aromatic heterocycles. The molecule has 0 aliphatic rings. The van der Waals surface area contributed by atoms with Crippen LogP contribution in [0.25, 0.3) is 0 Å². The fourth-order valence-electron chi connectivity index (χ4n) is 2.14. The average molecular weight is 351 g/mol. The van der Waals surface area contributed by atoms with Crippen molar-refractivity contribution >= 4 is 36.4 Å². The van der Waals surface area contributed by atoms with E-state index in [0.29, 0.717) is 0 Å². The number of nitrogens with one attached hydrogen (secondary N) is 1. The maximum absolute atomic E-state index is 6.25. The third-order valence-electron chi connectivity index (χ3n) is 3.27. The molecule has 2 rings (SSSR count). The fraction of sp³-hybridized carbons (Fsp3) is 0.400. The summed E-state index contributed by atoms with van der Waals surface area (Å²) in [5.74, 6) is 0.